The lowest BCUT2D eigenvalue weighted by molar-refractivity contribution is 0.0986. The third-order valence-corrected chi connectivity index (χ3v) is 5.83. The summed E-state index contributed by atoms with van der Waals surface area (Å²) in [5.41, 5.74) is 2.66. The van der Waals surface area contributed by atoms with E-state index in [2.05, 4.69) is 4.98 Å². The van der Waals surface area contributed by atoms with Crippen molar-refractivity contribution >= 4 is 32.6 Å². The predicted octanol–water partition coefficient (Wildman–Crippen LogP) is 4.94. The zero-order valence-electron chi connectivity index (χ0n) is 17.1. The number of nitrogens with zero attached hydrogens (tertiary/aromatic N) is 4. The number of carbonyl (C=O) groups is 1. The number of hydrogen-bond acceptors (Lipinski definition) is 5. The molecule has 0 aliphatic heterocycles. The van der Waals surface area contributed by atoms with Crippen LogP contribution in [0.15, 0.2) is 61.2 Å². The van der Waals surface area contributed by atoms with Crippen LogP contribution in [0.4, 0.5) is 5.13 Å². The second-order valence-corrected chi connectivity index (χ2v) is 8.04. The van der Waals surface area contributed by atoms with Gasteiger partial charge in [0, 0.05) is 31.0 Å². The van der Waals surface area contributed by atoms with Crippen LogP contribution in [0.5, 0.6) is 5.75 Å². The molecule has 1 amide bonds. The third-order valence-electron chi connectivity index (χ3n) is 4.79. The van der Waals surface area contributed by atoms with Gasteiger partial charge < -0.3 is 9.30 Å². The summed E-state index contributed by atoms with van der Waals surface area (Å²) in [7, 11) is 0. The van der Waals surface area contributed by atoms with Crippen molar-refractivity contribution in [2.75, 3.05) is 18.1 Å². The topological polar surface area (TPSA) is 60.2 Å². The highest BCUT2D eigenvalue weighted by Crippen LogP contribution is 2.32. The summed E-state index contributed by atoms with van der Waals surface area (Å²) in [4.78, 5) is 24.0. The van der Waals surface area contributed by atoms with Crippen LogP contribution in [0.3, 0.4) is 0 Å². The number of carbonyl (C=O) groups excluding carboxylic acids is 1. The van der Waals surface area contributed by atoms with Crippen LogP contribution >= 0.6 is 11.3 Å². The number of amides is 1. The number of benzene rings is 2. The van der Waals surface area contributed by atoms with Gasteiger partial charge in [-0.2, -0.15) is 0 Å². The van der Waals surface area contributed by atoms with Gasteiger partial charge in [0.2, 0.25) is 0 Å². The molecule has 30 heavy (non-hydrogen) atoms. The minimum Gasteiger partial charge on any atom is -0.494 e. The summed E-state index contributed by atoms with van der Waals surface area (Å²) in [5.74, 6) is 0.779. The number of hydrogen-bond donors (Lipinski definition) is 0. The van der Waals surface area contributed by atoms with Gasteiger partial charge in [-0.25, -0.2) is 9.97 Å². The molecule has 0 saturated heterocycles. The Kier molecular flexibility index (Phi) is 6.09. The van der Waals surface area contributed by atoms with E-state index >= 15 is 0 Å². The lowest BCUT2D eigenvalue weighted by Crippen LogP contribution is -2.32. The molecule has 4 aromatic rings. The van der Waals surface area contributed by atoms with Gasteiger partial charge in [0.1, 0.15) is 5.75 Å². The Balaban J connectivity index is 1.62. The fraction of sp³-hybridized carbons (Fsp3) is 0.261. The van der Waals surface area contributed by atoms with E-state index in [0.29, 0.717) is 23.8 Å². The van der Waals surface area contributed by atoms with Crippen LogP contribution in [0, 0.1) is 6.92 Å². The lowest BCUT2D eigenvalue weighted by atomic mass is 10.1. The monoisotopic (exact) mass is 420 g/mol. The van der Waals surface area contributed by atoms with Crippen molar-refractivity contribution in [2.24, 2.45) is 0 Å². The van der Waals surface area contributed by atoms with Crippen LogP contribution in [0.25, 0.3) is 10.2 Å². The van der Waals surface area contributed by atoms with Crippen molar-refractivity contribution in [1.82, 2.24) is 14.5 Å². The Hall–Kier alpha value is -3.19. The predicted molar refractivity (Wildman–Crippen MR) is 120 cm³/mol. The van der Waals surface area contributed by atoms with E-state index in [9.17, 15) is 4.79 Å². The summed E-state index contributed by atoms with van der Waals surface area (Å²) in [6, 6.07) is 13.5. The third kappa shape index (κ3) is 4.52. The highest BCUT2D eigenvalue weighted by Gasteiger charge is 2.21. The maximum absolute atomic E-state index is 13.3. The number of imidazole rings is 1. The van der Waals surface area contributed by atoms with Crippen molar-refractivity contribution in [3.63, 3.8) is 0 Å². The quantitative estimate of drug-likeness (QED) is 0.405. The van der Waals surface area contributed by atoms with Crippen LogP contribution < -0.4 is 9.64 Å². The zero-order chi connectivity index (χ0) is 20.9. The Morgan fingerprint density at radius 3 is 2.77 bits per heavy atom. The number of ether oxygens (including phenoxy) is 1. The minimum absolute atomic E-state index is 0.0373. The van der Waals surface area contributed by atoms with Gasteiger partial charge in [-0.1, -0.05) is 29.0 Å². The molecule has 0 bridgehead atoms. The molecule has 0 unspecified atom stereocenters. The molecule has 0 aliphatic rings. The van der Waals surface area contributed by atoms with Gasteiger partial charge in [0.05, 0.1) is 23.2 Å². The first-order valence-corrected chi connectivity index (χ1v) is 10.8. The van der Waals surface area contributed by atoms with Crippen molar-refractivity contribution in [3.8, 4) is 5.75 Å². The minimum atomic E-state index is -0.0373. The zero-order valence-corrected chi connectivity index (χ0v) is 17.9. The molecule has 154 valence electrons. The molecule has 0 atom stereocenters. The Morgan fingerprint density at radius 1 is 1.20 bits per heavy atom. The summed E-state index contributed by atoms with van der Waals surface area (Å²) in [5, 5.41) is 0.704. The van der Waals surface area contributed by atoms with Crippen LogP contribution in [0.2, 0.25) is 0 Å². The first kappa shape index (κ1) is 20.1. The van der Waals surface area contributed by atoms with E-state index in [1.54, 1.807) is 17.4 Å². The van der Waals surface area contributed by atoms with E-state index in [4.69, 9.17) is 9.72 Å². The van der Waals surface area contributed by atoms with E-state index < -0.39 is 0 Å². The summed E-state index contributed by atoms with van der Waals surface area (Å²) >= 11 is 1.51. The van der Waals surface area contributed by atoms with Gasteiger partial charge in [-0.15, -0.1) is 0 Å². The molecule has 0 fully saturated rings. The molecule has 2 heterocycles. The molecule has 0 saturated carbocycles. The fourth-order valence-electron chi connectivity index (χ4n) is 3.23. The first-order valence-electron chi connectivity index (χ1n) is 10.0. The normalized spacial score (nSPS) is 11.0. The van der Waals surface area contributed by atoms with Crippen LogP contribution in [0.1, 0.15) is 29.3 Å². The number of rotatable bonds is 8. The average molecular weight is 421 g/mol. The second-order valence-electron chi connectivity index (χ2n) is 7.04. The number of aromatic nitrogens is 3. The van der Waals surface area contributed by atoms with Gasteiger partial charge in [-0.3, -0.25) is 9.69 Å². The van der Waals surface area contributed by atoms with Crippen LogP contribution in [-0.4, -0.2) is 33.6 Å². The smallest absolute Gasteiger partial charge is 0.260 e. The SMILES string of the molecule is CCOc1ccc2nc(N(CCCn3ccnc3)C(=O)c3ccc(C)cc3)sc2c1. The van der Waals surface area contributed by atoms with Crippen molar-refractivity contribution in [1.29, 1.82) is 0 Å². The first-order chi connectivity index (χ1) is 14.6. The molecule has 2 aromatic carbocycles. The Labute approximate surface area is 179 Å². The molecule has 0 radical (unpaired) electrons. The number of aryl methyl sites for hydroxylation is 2. The van der Waals surface area contributed by atoms with Crippen LogP contribution in [-0.2, 0) is 6.54 Å². The molecule has 0 aliphatic carbocycles. The molecule has 4 rings (SSSR count). The van der Waals surface area contributed by atoms with Gasteiger partial charge in [-0.05, 0) is 50.6 Å². The maximum atomic E-state index is 13.3. The highest BCUT2D eigenvalue weighted by molar-refractivity contribution is 7.22. The molecule has 6 nitrogen and oxygen atoms in total. The fourth-order valence-corrected chi connectivity index (χ4v) is 4.25. The second kappa shape index (κ2) is 9.09. The summed E-state index contributed by atoms with van der Waals surface area (Å²) in [6.45, 7) is 5.95. The maximum Gasteiger partial charge on any atom is 0.260 e. The molecule has 7 heteroatoms. The Morgan fingerprint density at radius 2 is 2.03 bits per heavy atom. The van der Waals surface area contributed by atoms with Crippen molar-refractivity contribution < 1.29 is 9.53 Å². The molecule has 2 aromatic heterocycles. The molecular weight excluding hydrogens is 396 g/mol. The summed E-state index contributed by atoms with van der Waals surface area (Å²) in [6.07, 6.45) is 6.28. The largest absolute Gasteiger partial charge is 0.494 e. The molecular formula is C23H24N4O2S. The summed E-state index contributed by atoms with van der Waals surface area (Å²) < 4.78 is 8.63. The van der Waals surface area contributed by atoms with E-state index in [0.717, 1.165) is 34.5 Å². The number of fused-ring (bicyclic) bond motifs is 1. The standard InChI is InChI=1S/C23H24N4O2S/c1-3-29-19-9-10-20-21(15-19)30-23(25-20)27(13-4-12-26-14-11-24-16-26)22(28)18-7-5-17(2)6-8-18/h5-11,14-16H,3-4,12-13H2,1-2H3. The highest BCUT2D eigenvalue weighted by atomic mass is 32.1. The van der Waals surface area contributed by atoms with Gasteiger partial charge in [0.25, 0.3) is 5.91 Å². The number of thiazole rings is 1. The molecule has 0 N–H and O–H groups in total. The van der Waals surface area contributed by atoms with Crippen molar-refractivity contribution in [2.45, 2.75) is 26.8 Å². The van der Waals surface area contributed by atoms with Crippen molar-refractivity contribution in [3.05, 3.63) is 72.3 Å². The number of anilines is 1. The van der Waals surface area contributed by atoms with E-state index in [1.165, 1.54) is 11.3 Å². The van der Waals surface area contributed by atoms with Gasteiger partial charge in [0.15, 0.2) is 5.13 Å². The van der Waals surface area contributed by atoms with E-state index in [1.807, 2.05) is 67.1 Å². The average Bonchev–Trinajstić information content (AvgIpc) is 3.41. The van der Waals surface area contributed by atoms with Gasteiger partial charge >= 0.3 is 0 Å². The molecule has 0 spiro atoms. The lowest BCUT2D eigenvalue weighted by Gasteiger charge is -2.20. The Bertz CT molecular complexity index is 1120. The van der Waals surface area contributed by atoms with E-state index in [-0.39, 0.29) is 5.91 Å².